The van der Waals surface area contributed by atoms with Crippen LogP contribution in [-0.4, -0.2) is 7.28 Å². The van der Waals surface area contributed by atoms with Crippen molar-refractivity contribution in [2.75, 3.05) is 0 Å². The Hall–Kier alpha value is -0.455. The van der Waals surface area contributed by atoms with E-state index in [0.717, 1.165) is 12.2 Å². The summed E-state index contributed by atoms with van der Waals surface area (Å²) in [6, 6.07) is 0. The molecule has 1 heteroatoms. The fraction of sp³-hybridized carbons (Fsp3) is 0.714. The summed E-state index contributed by atoms with van der Waals surface area (Å²) in [4.78, 5) is 0. The first kappa shape index (κ1) is 14.5. The SMILES string of the molecule is C/C=C\BC(C)CC(C)(C)/C(C)=C/CC. The van der Waals surface area contributed by atoms with E-state index in [9.17, 15) is 0 Å². The van der Waals surface area contributed by atoms with Crippen molar-refractivity contribution >= 4 is 7.28 Å². The molecule has 0 spiro atoms. The minimum absolute atomic E-state index is 0.358. The van der Waals surface area contributed by atoms with Gasteiger partial charge in [0, 0.05) is 0 Å². The maximum Gasteiger partial charge on any atom is 0.150 e. The minimum atomic E-state index is 0.358. The van der Waals surface area contributed by atoms with E-state index in [1.165, 1.54) is 19.3 Å². The summed E-state index contributed by atoms with van der Waals surface area (Å²) in [5, 5.41) is 0. The number of allylic oxidation sites excluding steroid dienone is 3. The molecule has 0 aromatic carbocycles. The fourth-order valence-corrected chi connectivity index (χ4v) is 2.07. The molecule has 0 heterocycles. The van der Waals surface area contributed by atoms with E-state index in [2.05, 4.69) is 59.7 Å². The molecule has 0 radical (unpaired) electrons. The van der Waals surface area contributed by atoms with Crippen molar-refractivity contribution in [2.45, 2.75) is 60.2 Å². The number of rotatable bonds is 6. The summed E-state index contributed by atoms with van der Waals surface area (Å²) in [6.45, 7) is 13.6. The Bertz CT molecular complexity index is 223. The van der Waals surface area contributed by atoms with Crippen molar-refractivity contribution in [1.82, 2.24) is 0 Å². The van der Waals surface area contributed by atoms with Gasteiger partial charge >= 0.3 is 0 Å². The number of hydrogen-bond donors (Lipinski definition) is 0. The third-order valence-corrected chi connectivity index (χ3v) is 3.21. The summed E-state index contributed by atoms with van der Waals surface area (Å²) in [6.07, 6.45) is 6.94. The van der Waals surface area contributed by atoms with Crippen LogP contribution < -0.4 is 0 Å². The molecule has 1 atom stereocenters. The van der Waals surface area contributed by atoms with E-state index in [4.69, 9.17) is 0 Å². The largest absolute Gasteiger partial charge is 0.150 e. The highest BCUT2D eigenvalue weighted by atomic mass is 14.2. The van der Waals surface area contributed by atoms with Crippen molar-refractivity contribution in [1.29, 1.82) is 0 Å². The van der Waals surface area contributed by atoms with Crippen LogP contribution in [0.2, 0.25) is 5.82 Å². The third-order valence-electron chi connectivity index (χ3n) is 3.21. The molecule has 0 fully saturated rings. The number of hydrogen-bond acceptors (Lipinski definition) is 0. The van der Waals surface area contributed by atoms with E-state index >= 15 is 0 Å². The van der Waals surface area contributed by atoms with Crippen molar-refractivity contribution in [3.63, 3.8) is 0 Å². The van der Waals surface area contributed by atoms with Gasteiger partial charge in [0.15, 0.2) is 7.28 Å². The summed E-state index contributed by atoms with van der Waals surface area (Å²) in [7, 11) is 1.21. The van der Waals surface area contributed by atoms with Crippen LogP contribution in [0.1, 0.15) is 54.4 Å². The standard InChI is InChI=1S/C14H27B/c1-7-9-12(3)14(5,6)11-13(4)15-10-8-2/h8-10,13,15H,7,11H2,1-6H3/b10-8-,12-9+. The van der Waals surface area contributed by atoms with Crippen LogP contribution in [0.15, 0.2) is 23.7 Å². The zero-order valence-electron chi connectivity index (χ0n) is 11.4. The Kier molecular flexibility index (Phi) is 6.71. The van der Waals surface area contributed by atoms with Gasteiger partial charge in [-0.15, -0.1) is 12.1 Å². The molecule has 0 aliphatic rings. The molecule has 0 saturated heterocycles. The molecule has 0 saturated carbocycles. The fourth-order valence-electron chi connectivity index (χ4n) is 2.07. The monoisotopic (exact) mass is 206 g/mol. The lowest BCUT2D eigenvalue weighted by Gasteiger charge is -2.29. The first-order valence-electron chi connectivity index (χ1n) is 6.22. The Labute approximate surface area is 97.1 Å². The first-order valence-corrected chi connectivity index (χ1v) is 6.22. The van der Waals surface area contributed by atoms with Crippen LogP contribution in [0.4, 0.5) is 0 Å². The van der Waals surface area contributed by atoms with E-state index in [1.807, 2.05) is 0 Å². The van der Waals surface area contributed by atoms with Gasteiger partial charge in [0.05, 0.1) is 0 Å². The van der Waals surface area contributed by atoms with Crippen LogP contribution in [0.25, 0.3) is 0 Å². The van der Waals surface area contributed by atoms with Gasteiger partial charge in [-0.3, -0.25) is 0 Å². The molecule has 0 N–H and O–H groups in total. The van der Waals surface area contributed by atoms with Crippen molar-refractivity contribution in [2.24, 2.45) is 5.41 Å². The van der Waals surface area contributed by atoms with Crippen LogP contribution in [0.5, 0.6) is 0 Å². The third kappa shape index (κ3) is 5.86. The topological polar surface area (TPSA) is 0 Å². The lowest BCUT2D eigenvalue weighted by molar-refractivity contribution is 0.401. The second-order valence-corrected chi connectivity index (χ2v) is 5.29. The summed E-state index contributed by atoms with van der Waals surface area (Å²) in [5.41, 5.74) is 1.90. The maximum atomic E-state index is 2.36. The average molecular weight is 206 g/mol. The zero-order valence-corrected chi connectivity index (χ0v) is 11.4. The van der Waals surface area contributed by atoms with Gasteiger partial charge in [-0.1, -0.05) is 45.2 Å². The second kappa shape index (κ2) is 6.92. The van der Waals surface area contributed by atoms with Gasteiger partial charge in [0.25, 0.3) is 0 Å². The van der Waals surface area contributed by atoms with Crippen LogP contribution in [0.3, 0.4) is 0 Å². The first-order chi connectivity index (χ1) is 6.94. The van der Waals surface area contributed by atoms with Gasteiger partial charge in [-0.05, 0) is 32.1 Å². The molecular formula is C14H27B. The zero-order chi connectivity index (χ0) is 11.9. The normalized spacial score (nSPS) is 15.7. The predicted molar refractivity (Wildman–Crippen MR) is 73.8 cm³/mol. The molecular weight excluding hydrogens is 179 g/mol. The van der Waals surface area contributed by atoms with E-state index in [-0.39, 0.29) is 0 Å². The Morgan fingerprint density at radius 3 is 2.47 bits per heavy atom. The van der Waals surface area contributed by atoms with E-state index < -0.39 is 0 Å². The molecule has 0 bridgehead atoms. The van der Waals surface area contributed by atoms with Gasteiger partial charge in [-0.2, -0.15) is 0 Å². The lowest BCUT2D eigenvalue weighted by atomic mass is 9.59. The van der Waals surface area contributed by atoms with Crippen LogP contribution >= 0.6 is 0 Å². The van der Waals surface area contributed by atoms with Crippen LogP contribution in [-0.2, 0) is 0 Å². The molecule has 0 aliphatic carbocycles. The summed E-state index contributed by atoms with van der Waals surface area (Å²) < 4.78 is 0. The van der Waals surface area contributed by atoms with E-state index in [1.54, 1.807) is 0 Å². The molecule has 86 valence electrons. The molecule has 1 unspecified atom stereocenters. The highest BCUT2D eigenvalue weighted by molar-refractivity contribution is 6.43. The lowest BCUT2D eigenvalue weighted by Crippen LogP contribution is -2.17. The van der Waals surface area contributed by atoms with Gasteiger partial charge in [-0.25, -0.2) is 0 Å². The second-order valence-electron chi connectivity index (χ2n) is 5.29. The van der Waals surface area contributed by atoms with Crippen LogP contribution in [0, 0.1) is 5.41 Å². The molecule has 0 aromatic heterocycles. The van der Waals surface area contributed by atoms with Crippen molar-refractivity contribution in [3.05, 3.63) is 23.7 Å². The quantitative estimate of drug-likeness (QED) is 0.442. The molecule has 0 rings (SSSR count). The van der Waals surface area contributed by atoms with Crippen molar-refractivity contribution < 1.29 is 0 Å². The molecule has 0 aromatic rings. The van der Waals surface area contributed by atoms with Crippen molar-refractivity contribution in [3.8, 4) is 0 Å². The maximum absolute atomic E-state index is 2.36. The average Bonchev–Trinajstić information content (AvgIpc) is 2.14. The van der Waals surface area contributed by atoms with E-state index in [0.29, 0.717) is 5.41 Å². The Morgan fingerprint density at radius 2 is 2.00 bits per heavy atom. The highest BCUT2D eigenvalue weighted by Gasteiger charge is 2.22. The predicted octanol–water partition coefficient (Wildman–Crippen LogP) is 4.54. The van der Waals surface area contributed by atoms with Gasteiger partial charge in [0.1, 0.15) is 0 Å². The molecule has 0 nitrogen and oxygen atoms in total. The van der Waals surface area contributed by atoms with Gasteiger partial charge < -0.3 is 0 Å². The molecule has 15 heavy (non-hydrogen) atoms. The Balaban J connectivity index is 4.29. The highest BCUT2D eigenvalue weighted by Crippen LogP contribution is 2.35. The van der Waals surface area contributed by atoms with Gasteiger partial charge in [0.2, 0.25) is 0 Å². The summed E-state index contributed by atoms with van der Waals surface area (Å²) in [5.74, 6) is 3.05. The summed E-state index contributed by atoms with van der Waals surface area (Å²) >= 11 is 0. The Morgan fingerprint density at radius 1 is 1.40 bits per heavy atom. The molecule has 0 amide bonds. The smallest absolute Gasteiger partial charge is 0.123 e. The molecule has 0 aliphatic heterocycles. The minimum Gasteiger partial charge on any atom is -0.123 e.